The van der Waals surface area contributed by atoms with Gasteiger partial charge < -0.3 is 5.73 Å². The van der Waals surface area contributed by atoms with Gasteiger partial charge in [0, 0.05) is 29.8 Å². The summed E-state index contributed by atoms with van der Waals surface area (Å²) in [6, 6.07) is 12.4. The predicted molar refractivity (Wildman–Crippen MR) is 88.4 cm³/mol. The van der Waals surface area contributed by atoms with Gasteiger partial charge in [0.05, 0.1) is 5.69 Å². The Morgan fingerprint density at radius 2 is 2.00 bits per heavy atom. The van der Waals surface area contributed by atoms with Crippen LogP contribution in [0, 0.1) is 13.8 Å². The maximum absolute atomic E-state index is 6.23. The smallest absolute Gasteiger partial charge is 0.0547 e. The third kappa shape index (κ3) is 4.03. The van der Waals surface area contributed by atoms with E-state index in [1.807, 2.05) is 44.2 Å². The molecule has 0 saturated carbocycles. The molecule has 3 nitrogen and oxygen atoms in total. The molecule has 1 atom stereocenters. The lowest BCUT2D eigenvalue weighted by molar-refractivity contribution is 0.239. The van der Waals surface area contributed by atoms with Crippen LogP contribution in [-0.4, -0.2) is 23.5 Å². The molecule has 2 N–H and O–H groups in total. The Morgan fingerprint density at radius 3 is 2.62 bits per heavy atom. The number of hydrogen-bond donors (Lipinski definition) is 1. The first-order valence-corrected chi connectivity index (χ1v) is 7.48. The summed E-state index contributed by atoms with van der Waals surface area (Å²) in [6.45, 7) is 5.31. The van der Waals surface area contributed by atoms with E-state index < -0.39 is 0 Å². The second kappa shape index (κ2) is 7.03. The number of benzene rings is 1. The summed E-state index contributed by atoms with van der Waals surface area (Å²) in [5, 5.41) is 0.785. The second-order valence-electron chi connectivity index (χ2n) is 5.45. The lowest BCUT2D eigenvalue weighted by atomic mass is 10.0. The van der Waals surface area contributed by atoms with Crippen LogP contribution >= 0.6 is 11.6 Å². The Bertz CT molecular complexity index is 613. The van der Waals surface area contributed by atoms with E-state index in [2.05, 4.69) is 23.0 Å². The summed E-state index contributed by atoms with van der Waals surface area (Å²) < 4.78 is 0. The normalized spacial score (nSPS) is 12.7. The average Bonchev–Trinajstić information content (AvgIpc) is 2.43. The van der Waals surface area contributed by atoms with Gasteiger partial charge in [-0.3, -0.25) is 9.88 Å². The molecule has 0 aliphatic heterocycles. The molecule has 4 heteroatoms. The fraction of sp³-hybridized carbons (Fsp3) is 0.353. The number of halogens is 1. The molecule has 2 aromatic rings. The SMILES string of the molecule is Cc1cccc(CN(C)C(CN)c2ccc(C)c(Cl)c2)n1. The highest BCUT2D eigenvalue weighted by atomic mass is 35.5. The van der Waals surface area contributed by atoms with Gasteiger partial charge in [-0.1, -0.05) is 29.8 Å². The van der Waals surface area contributed by atoms with Crippen molar-refractivity contribution >= 4 is 11.6 Å². The fourth-order valence-corrected chi connectivity index (χ4v) is 2.63. The molecular weight excluding hydrogens is 282 g/mol. The number of aromatic nitrogens is 1. The second-order valence-corrected chi connectivity index (χ2v) is 5.85. The van der Waals surface area contributed by atoms with Crippen LogP contribution < -0.4 is 5.73 Å². The Kier molecular flexibility index (Phi) is 5.34. The molecule has 1 aromatic heterocycles. The first-order chi connectivity index (χ1) is 10.0. The zero-order valence-electron chi connectivity index (χ0n) is 12.8. The maximum Gasteiger partial charge on any atom is 0.0547 e. The van der Waals surface area contributed by atoms with Crippen molar-refractivity contribution in [1.82, 2.24) is 9.88 Å². The van der Waals surface area contributed by atoms with Gasteiger partial charge in [-0.15, -0.1) is 0 Å². The van der Waals surface area contributed by atoms with Crippen molar-refractivity contribution in [3.05, 3.63) is 63.9 Å². The van der Waals surface area contributed by atoms with Gasteiger partial charge in [0.1, 0.15) is 0 Å². The standard InChI is InChI=1S/C17H22ClN3/c1-12-7-8-14(9-16(12)18)17(10-19)21(3)11-15-6-4-5-13(2)20-15/h4-9,17H,10-11,19H2,1-3H3. The highest BCUT2D eigenvalue weighted by Crippen LogP contribution is 2.25. The van der Waals surface area contributed by atoms with Gasteiger partial charge in [0.25, 0.3) is 0 Å². The molecule has 1 unspecified atom stereocenters. The molecule has 2 rings (SSSR count). The summed E-state index contributed by atoms with van der Waals surface area (Å²) in [6.07, 6.45) is 0. The van der Waals surface area contributed by atoms with Crippen molar-refractivity contribution < 1.29 is 0 Å². The molecule has 0 saturated heterocycles. The van der Waals surface area contributed by atoms with Crippen LogP contribution in [-0.2, 0) is 6.54 Å². The van der Waals surface area contributed by atoms with Crippen molar-refractivity contribution in [2.45, 2.75) is 26.4 Å². The van der Waals surface area contributed by atoms with E-state index in [-0.39, 0.29) is 6.04 Å². The third-order valence-corrected chi connectivity index (χ3v) is 4.10. The molecule has 0 aliphatic carbocycles. The van der Waals surface area contributed by atoms with E-state index in [0.29, 0.717) is 6.54 Å². The number of nitrogens with zero attached hydrogens (tertiary/aromatic N) is 2. The van der Waals surface area contributed by atoms with E-state index in [4.69, 9.17) is 17.3 Å². The Balaban J connectivity index is 2.18. The predicted octanol–water partition coefficient (Wildman–Crippen LogP) is 3.48. The van der Waals surface area contributed by atoms with Crippen molar-refractivity contribution in [2.24, 2.45) is 5.73 Å². The maximum atomic E-state index is 6.23. The summed E-state index contributed by atoms with van der Waals surface area (Å²) in [4.78, 5) is 6.76. The number of nitrogens with two attached hydrogens (primary N) is 1. The highest BCUT2D eigenvalue weighted by molar-refractivity contribution is 6.31. The Morgan fingerprint density at radius 1 is 1.24 bits per heavy atom. The molecule has 0 bridgehead atoms. The van der Waals surface area contributed by atoms with Crippen LogP contribution in [0.5, 0.6) is 0 Å². The van der Waals surface area contributed by atoms with E-state index in [9.17, 15) is 0 Å². The first-order valence-electron chi connectivity index (χ1n) is 7.10. The largest absolute Gasteiger partial charge is 0.329 e. The van der Waals surface area contributed by atoms with Crippen LogP contribution in [0.15, 0.2) is 36.4 Å². The minimum atomic E-state index is 0.130. The zero-order valence-corrected chi connectivity index (χ0v) is 13.6. The molecule has 0 amide bonds. The van der Waals surface area contributed by atoms with Crippen LogP contribution in [0.2, 0.25) is 5.02 Å². The zero-order chi connectivity index (χ0) is 15.4. The Labute approximate surface area is 131 Å². The van der Waals surface area contributed by atoms with Crippen molar-refractivity contribution in [3.8, 4) is 0 Å². The van der Waals surface area contributed by atoms with Crippen LogP contribution in [0.1, 0.15) is 28.6 Å². The van der Waals surface area contributed by atoms with Gasteiger partial charge in [0.2, 0.25) is 0 Å². The number of rotatable bonds is 5. The van der Waals surface area contributed by atoms with E-state index in [1.54, 1.807) is 0 Å². The van der Waals surface area contributed by atoms with Gasteiger partial charge in [-0.05, 0) is 50.2 Å². The van der Waals surface area contributed by atoms with Crippen LogP contribution in [0.25, 0.3) is 0 Å². The summed E-state index contributed by atoms with van der Waals surface area (Å²) in [7, 11) is 2.06. The van der Waals surface area contributed by atoms with Gasteiger partial charge >= 0.3 is 0 Å². The van der Waals surface area contributed by atoms with Crippen molar-refractivity contribution in [3.63, 3.8) is 0 Å². The summed E-state index contributed by atoms with van der Waals surface area (Å²) in [5.41, 5.74) is 10.3. The first kappa shape index (κ1) is 16.0. The topological polar surface area (TPSA) is 42.1 Å². The molecule has 1 heterocycles. The van der Waals surface area contributed by atoms with E-state index in [1.165, 1.54) is 0 Å². The van der Waals surface area contributed by atoms with E-state index in [0.717, 1.165) is 34.1 Å². The summed E-state index contributed by atoms with van der Waals surface area (Å²) in [5.74, 6) is 0. The average molecular weight is 304 g/mol. The monoisotopic (exact) mass is 303 g/mol. The number of likely N-dealkylation sites (N-methyl/N-ethyl adjacent to an activating group) is 1. The van der Waals surface area contributed by atoms with Gasteiger partial charge in [-0.2, -0.15) is 0 Å². The van der Waals surface area contributed by atoms with Gasteiger partial charge in [-0.25, -0.2) is 0 Å². The number of aryl methyl sites for hydroxylation is 2. The Hall–Kier alpha value is -1.42. The fourth-order valence-electron chi connectivity index (χ4n) is 2.44. The van der Waals surface area contributed by atoms with Gasteiger partial charge in [0.15, 0.2) is 0 Å². The molecule has 0 radical (unpaired) electrons. The van der Waals surface area contributed by atoms with Crippen molar-refractivity contribution in [1.29, 1.82) is 0 Å². The van der Waals surface area contributed by atoms with Crippen LogP contribution in [0.3, 0.4) is 0 Å². The molecule has 21 heavy (non-hydrogen) atoms. The molecule has 112 valence electrons. The molecule has 0 spiro atoms. The third-order valence-electron chi connectivity index (χ3n) is 3.69. The van der Waals surface area contributed by atoms with Crippen molar-refractivity contribution in [2.75, 3.05) is 13.6 Å². The van der Waals surface area contributed by atoms with Crippen LogP contribution in [0.4, 0.5) is 0 Å². The number of hydrogen-bond acceptors (Lipinski definition) is 3. The molecule has 0 aliphatic rings. The quantitative estimate of drug-likeness (QED) is 0.919. The highest BCUT2D eigenvalue weighted by Gasteiger charge is 2.17. The lowest BCUT2D eigenvalue weighted by Gasteiger charge is -2.27. The number of pyridine rings is 1. The minimum Gasteiger partial charge on any atom is -0.329 e. The van der Waals surface area contributed by atoms with E-state index >= 15 is 0 Å². The molecule has 0 fully saturated rings. The molecular formula is C17H22ClN3. The molecule has 1 aromatic carbocycles. The summed E-state index contributed by atoms with van der Waals surface area (Å²) >= 11 is 6.23. The lowest BCUT2D eigenvalue weighted by Crippen LogP contribution is -2.30. The minimum absolute atomic E-state index is 0.130.